The van der Waals surface area contributed by atoms with E-state index < -0.39 is 11.7 Å². The molecule has 3 aromatic rings. The van der Waals surface area contributed by atoms with Gasteiger partial charge in [0.2, 0.25) is 5.43 Å². The van der Waals surface area contributed by atoms with Crippen LogP contribution in [0.25, 0.3) is 21.9 Å². The lowest BCUT2D eigenvalue weighted by atomic mass is 9.89. The predicted octanol–water partition coefficient (Wildman–Crippen LogP) is 3.60. The van der Waals surface area contributed by atoms with Gasteiger partial charge >= 0.3 is 5.97 Å². The number of rotatable bonds is 2. The summed E-state index contributed by atoms with van der Waals surface area (Å²) < 4.78 is 23.1. The first-order valence-electron chi connectivity index (χ1n) is 8.73. The van der Waals surface area contributed by atoms with Gasteiger partial charge in [-0.15, -0.1) is 0 Å². The molecular formula is C21H20O6. The molecule has 0 radical (unpaired) electrons. The molecule has 2 aromatic carbocycles. The number of ether oxygens (including phenoxy) is 3. The van der Waals surface area contributed by atoms with E-state index in [-0.39, 0.29) is 11.4 Å². The van der Waals surface area contributed by atoms with Crippen LogP contribution in [0.15, 0.2) is 39.5 Å². The second kappa shape index (κ2) is 6.01. The number of carbonyl (C=O) groups is 1. The van der Waals surface area contributed by atoms with Crippen molar-refractivity contribution < 1.29 is 23.4 Å². The summed E-state index contributed by atoms with van der Waals surface area (Å²) in [6.07, 6.45) is -0.125. The van der Waals surface area contributed by atoms with Gasteiger partial charge in [-0.1, -0.05) is 12.1 Å². The minimum atomic E-state index is -0.728. The van der Waals surface area contributed by atoms with E-state index in [1.165, 1.54) is 14.0 Å². The molecule has 6 heteroatoms. The monoisotopic (exact) mass is 368 g/mol. The number of hydrogen-bond acceptors (Lipinski definition) is 6. The molecule has 0 N–H and O–H groups in total. The molecular weight excluding hydrogens is 348 g/mol. The van der Waals surface area contributed by atoms with Crippen LogP contribution >= 0.6 is 0 Å². The summed E-state index contributed by atoms with van der Waals surface area (Å²) in [7, 11) is 1.51. The smallest absolute Gasteiger partial charge is 0.303 e. The first kappa shape index (κ1) is 17.4. The van der Waals surface area contributed by atoms with E-state index in [1.807, 2.05) is 19.9 Å². The average molecular weight is 368 g/mol. The van der Waals surface area contributed by atoms with Gasteiger partial charge in [0.25, 0.3) is 0 Å². The fourth-order valence-corrected chi connectivity index (χ4v) is 3.58. The lowest BCUT2D eigenvalue weighted by molar-refractivity contribution is -0.158. The van der Waals surface area contributed by atoms with Crippen LogP contribution in [-0.4, -0.2) is 24.8 Å². The van der Waals surface area contributed by atoms with Crippen LogP contribution in [0.2, 0.25) is 0 Å². The number of hydrogen-bond donors (Lipinski definition) is 0. The third-order valence-corrected chi connectivity index (χ3v) is 4.94. The van der Waals surface area contributed by atoms with Gasteiger partial charge in [-0.25, -0.2) is 0 Å². The molecule has 4 rings (SSSR count). The van der Waals surface area contributed by atoms with Crippen molar-refractivity contribution in [1.29, 1.82) is 0 Å². The van der Waals surface area contributed by atoms with Gasteiger partial charge in [0, 0.05) is 25.0 Å². The number of benzene rings is 2. The molecule has 6 nitrogen and oxygen atoms in total. The maximum atomic E-state index is 13.1. The van der Waals surface area contributed by atoms with Gasteiger partial charge in [-0.05, 0) is 26.0 Å². The van der Waals surface area contributed by atoms with Crippen LogP contribution in [0.1, 0.15) is 26.3 Å². The second-order valence-electron chi connectivity index (χ2n) is 7.19. The Labute approximate surface area is 155 Å². The fourth-order valence-electron chi connectivity index (χ4n) is 3.58. The van der Waals surface area contributed by atoms with E-state index in [0.717, 1.165) is 0 Å². The van der Waals surface area contributed by atoms with Crippen molar-refractivity contribution in [2.24, 2.45) is 0 Å². The highest BCUT2D eigenvalue weighted by Gasteiger charge is 2.41. The topological polar surface area (TPSA) is 75.0 Å². The van der Waals surface area contributed by atoms with E-state index in [2.05, 4.69) is 0 Å². The van der Waals surface area contributed by atoms with Crippen LogP contribution in [0.3, 0.4) is 0 Å². The zero-order valence-electron chi connectivity index (χ0n) is 15.6. The van der Waals surface area contributed by atoms with Crippen molar-refractivity contribution in [3.05, 3.63) is 46.1 Å². The Hall–Kier alpha value is -3.02. The SMILES string of the molecule is COc1cc2c(c3oc4ccccc4c(=O)c13)CC(OC(C)=O)C(C)(C)O2. The highest BCUT2D eigenvalue weighted by molar-refractivity contribution is 5.96. The summed E-state index contributed by atoms with van der Waals surface area (Å²) in [5, 5.41) is 0.844. The van der Waals surface area contributed by atoms with Crippen molar-refractivity contribution in [3.8, 4) is 11.5 Å². The van der Waals surface area contributed by atoms with Gasteiger partial charge < -0.3 is 18.6 Å². The molecule has 1 aliphatic rings. The number of esters is 1. The van der Waals surface area contributed by atoms with Crippen molar-refractivity contribution >= 4 is 27.9 Å². The summed E-state index contributed by atoms with van der Waals surface area (Å²) in [5.74, 6) is 0.570. The maximum Gasteiger partial charge on any atom is 0.303 e. The molecule has 1 aromatic heterocycles. The Bertz CT molecular complexity index is 1120. The molecule has 0 spiro atoms. The van der Waals surface area contributed by atoms with E-state index in [4.69, 9.17) is 18.6 Å². The number of fused-ring (bicyclic) bond motifs is 4. The van der Waals surface area contributed by atoms with E-state index in [1.54, 1.807) is 24.3 Å². The standard InChI is InChI=1S/C21H20O6/c1-11(22)25-17-9-13-15(27-21(17,2)3)10-16(24-4)18-19(23)12-7-5-6-8-14(12)26-20(13)18/h5-8,10,17H,9H2,1-4H3. The Morgan fingerprint density at radius 1 is 1.26 bits per heavy atom. The van der Waals surface area contributed by atoms with E-state index in [9.17, 15) is 9.59 Å². The van der Waals surface area contributed by atoms with Crippen molar-refractivity contribution in [1.82, 2.24) is 0 Å². The second-order valence-corrected chi connectivity index (χ2v) is 7.19. The lowest BCUT2D eigenvalue weighted by Crippen LogP contribution is -2.48. The van der Waals surface area contributed by atoms with Crippen molar-refractivity contribution in [2.75, 3.05) is 7.11 Å². The quantitative estimate of drug-likeness (QED) is 0.508. The summed E-state index contributed by atoms with van der Waals surface area (Å²) in [6.45, 7) is 5.08. The van der Waals surface area contributed by atoms with Crippen molar-refractivity contribution in [2.45, 2.75) is 38.9 Å². The molecule has 27 heavy (non-hydrogen) atoms. The van der Waals surface area contributed by atoms with Gasteiger partial charge in [0.1, 0.15) is 39.8 Å². The molecule has 0 bridgehead atoms. The Kier molecular flexibility index (Phi) is 3.87. The van der Waals surface area contributed by atoms with Crippen molar-refractivity contribution in [3.63, 3.8) is 0 Å². The molecule has 0 fully saturated rings. The number of methoxy groups -OCH3 is 1. The molecule has 140 valence electrons. The summed E-state index contributed by atoms with van der Waals surface area (Å²) in [5.41, 5.74) is 0.689. The number of carbonyl (C=O) groups excluding carboxylic acids is 1. The largest absolute Gasteiger partial charge is 0.496 e. The molecule has 0 aliphatic carbocycles. The summed E-state index contributed by atoms with van der Waals surface area (Å²) in [6, 6.07) is 8.78. The van der Waals surface area contributed by atoms with E-state index >= 15 is 0 Å². The third kappa shape index (κ3) is 2.72. The van der Waals surface area contributed by atoms with Gasteiger partial charge in [-0.2, -0.15) is 0 Å². The normalized spacial score (nSPS) is 18.0. The molecule has 1 unspecified atom stereocenters. The summed E-state index contributed by atoms with van der Waals surface area (Å²) in [4.78, 5) is 24.6. The van der Waals surface area contributed by atoms with Crippen LogP contribution in [0, 0.1) is 0 Å². The van der Waals surface area contributed by atoms with Gasteiger partial charge in [0.15, 0.2) is 0 Å². The van der Waals surface area contributed by atoms with Crippen LogP contribution < -0.4 is 14.9 Å². The van der Waals surface area contributed by atoms with Crippen LogP contribution in [0.4, 0.5) is 0 Å². The first-order valence-corrected chi connectivity index (χ1v) is 8.73. The predicted molar refractivity (Wildman–Crippen MR) is 101 cm³/mol. The molecule has 0 saturated heterocycles. The Balaban J connectivity index is 2.04. The van der Waals surface area contributed by atoms with Gasteiger partial charge in [-0.3, -0.25) is 9.59 Å². The molecule has 1 atom stereocenters. The zero-order chi connectivity index (χ0) is 19.3. The van der Waals surface area contributed by atoms with Crippen LogP contribution in [-0.2, 0) is 16.0 Å². The lowest BCUT2D eigenvalue weighted by Gasteiger charge is -2.39. The minimum absolute atomic E-state index is 0.166. The Morgan fingerprint density at radius 2 is 2.00 bits per heavy atom. The molecule has 2 heterocycles. The first-order chi connectivity index (χ1) is 12.8. The molecule has 0 saturated carbocycles. The average Bonchev–Trinajstić information content (AvgIpc) is 2.61. The summed E-state index contributed by atoms with van der Waals surface area (Å²) >= 11 is 0. The third-order valence-electron chi connectivity index (χ3n) is 4.94. The Morgan fingerprint density at radius 3 is 2.70 bits per heavy atom. The highest BCUT2D eigenvalue weighted by atomic mass is 16.6. The minimum Gasteiger partial charge on any atom is -0.496 e. The zero-order valence-corrected chi connectivity index (χ0v) is 15.6. The van der Waals surface area contributed by atoms with Gasteiger partial charge in [0.05, 0.1) is 12.5 Å². The molecule has 0 amide bonds. The molecule has 1 aliphatic heterocycles. The maximum absolute atomic E-state index is 13.1. The number of para-hydroxylation sites is 1. The highest BCUT2D eigenvalue weighted by Crippen LogP contribution is 2.42. The fraction of sp³-hybridized carbons (Fsp3) is 0.333. The van der Waals surface area contributed by atoms with E-state index in [0.29, 0.717) is 45.4 Å². The van der Waals surface area contributed by atoms with Crippen LogP contribution in [0.5, 0.6) is 11.5 Å².